The molecule has 0 bridgehead atoms. The van der Waals surface area contributed by atoms with Crippen molar-refractivity contribution in [3.8, 4) is 0 Å². The molecule has 0 amide bonds. The molecular weight excluding hydrogens is 236 g/mol. The van der Waals surface area contributed by atoms with E-state index >= 15 is 0 Å². The second-order valence-electron chi connectivity index (χ2n) is 4.41. The monoisotopic (exact) mass is 252 g/mol. The third-order valence-electron chi connectivity index (χ3n) is 3.26. The molecule has 0 saturated heterocycles. The summed E-state index contributed by atoms with van der Waals surface area (Å²) >= 11 is 0. The smallest absolute Gasteiger partial charge is 0.185 e. The van der Waals surface area contributed by atoms with Crippen LogP contribution in [0.2, 0.25) is 0 Å². The van der Waals surface area contributed by atoms with E-state index in [1.54, 1.807) is 49.4 Å². The summed E-state index contributed by atoms with van der Waals surface area (Å²) in [7, 11) is -3.39. The molecule has 1 aliphatic rings. The summed E-state index contributed by atoms with van der Waals surface area (Å²) in [5.74, 6) is -0.273. The summed E-state index contributed by atoms with van der Waals surface area (Å²) in [5.41, 5.74) is 0. The Morgan fingerprint density at radius 1 is 1.24 bits per heavy atom. The number of hydrogen-bond donors (Lipinski definition) is 1. The average Bonchev–Trinajstić information content (AvgIpc) is 2.33. The van der Waals surface area contributed by atoms with E-state index in [1.807, 2.05) is 0 Å². The van der Waals surface area contributed by atoms with Crippen LogP contribution < -0.4 is 0 Å². The van der Waals surface area contributed by atoms with Crippen LogP contribution in [0.4, 0.5) is 0 Å². The van der Waals surface area contributed by atoms with Crippen LogP contribution in [0.5, 0.6) is 0 Å². The van der Waals surface area contributed by atoms with Gasteiger partial charge in [0.2, 0.25) is 0 Å². The van der Waals surface area contributed by atoms with E-state index in [9.17, 15) is 13.5 Å². The zero-order valence-corrected chi connectivity index (χ0v) is 10.5. The molecule has 0 heterocycles. The van der Waals surface area contributed by atoms with Gasteiger partial charge in [-0.15, -0.1) is 0 Å². The fraction of sp³-hybridized carbons (Fsp3) is 0.385. The highest BCUT2D eigenvalue weighted by molar-refractivity contribution is 7.92. The minimum Gasteiger partial charge on any atom is -0.392 e. The second kappa shape index (κ2) is 4.63. The summed E-state index contributed by atoms with van der Waals surface area (Å²) in [5, 5.41) is 9.11. The van der Waals surface area contributed by atoms with Crippen LogP contribution in [0.25, 0.3) is 0 Å². The Labute approximate surface area is 102 Å². The van der Waals surface area contributed by atoms with Gasteiger partial charge in [-0.1, -0.05) is 37.3 Å². The molecule has 1 aliphatic carbocycles. The Kier molecular flexibility index (Phi) is 3.35. The molecule has 2 rings (SSSR count). The fourth-order valence-electron chi connectivity index (χ4n) is 2.11. The largest absolute Gasteiger partial charge is 0.392 e. The lowest BCUT2D eigenvalue weighted by Crippen LogP contribution is -2.36. The van der Waals surface area contributed by atoms with E-state index in [1.165, 1.54) is 0 Å². The molecule has 0 radical (unpaired) electrons. The summed E-state index contributed by atoms with van der Waals surface area (Å²) in [6.45, 7) is 1.78. The summed E-state index contributed by atoms with van der Waals surface area (Å²) in [6, 6.07) is 8.39. The van der Waals surface area contributed by atoms with Gasteiger partial charge in [0.25, 0.3) is 0 Å². The van der Waals surface area contributed by atoms with Crippen LogP contribution in [0, 0.1) is 5.92 Å². The van der Waals surface area contributed by atoms with Crippen molar-refractivity contribution in [2.45, 2.75) is 29.6 Å². The fourth-order valence-corrected chi connectivity index (χ4v) is 4.03. The molecule has 0 fully saturated rings. The van der Waals surface area contributed by atoms with Crippen molar-refractivity contribution in [3.63, 3.8) is 0 Å². The lowest BCUT2D eigenvalue weighted by atomic mass is 9.93. The van der Waals surface area contributed by atoms with Crippen LogP contribution >= 0.6 is 0 Å². The lowest BCUT2D eigenvalue weighted by Gasteiger charge is -2.28. The predicted molar refractivity (Wildman–Crippen MR) is 66.3 cm³/mol. The van der Waals surface area contributed by atoms with Crippen LogP contribution in [0.3, 0.4) is 0 Å². The Morgan fingerprint density at radius 3 is 2.53 bits per heavy atom. The number of aliphatic hydroxyl groups is 1. The highest BCUT2D eigenvalue weighted by atomic mass is 32.2. The van der Waals surface area contributed by atoms with Gasteiger partial charge in [0, 0.05) is 5.92 Å². The van der Waals surface area contributed by atoms with E-state index < -0.39 is 21.2 Å². The van der Waals surface area contributed by atoms with Gasteiger partial charge < -0.3 is 5.11 Å². The first-order valence-electron chi connectivity index (χ1n) is 5.67. The molecule has 3 unspecified atom stereocenters. The van der Waals surface area contributed by atoms with Crippen molar-refractivity contribution < 1.29 is 13.5 Å². The van der Waals surface area contributed by atoms with Gasteiger partial charge in [0.1, 0.15) is 0 Å². The maximum absolute atomic E-state index is 12.4. The molecular formula is C13H16O3S. The number of benzene rings is 1. The van der Waals surface area contributed by atoms with E-state index in [4.69, 9.17) is 0 Å². The second-order valence-corrected chi connectivity index (χ2v) is 6.52. The first-order valence-corrected chi connectivity index (χ1v) is 7.22. The predicted octanol–water partition coefficient (Wildman–Crippen LogP) is 1.79. The molecule has 3 atom stereocenters. The van der Waals surface area contributed by atoms with E-state index in [2.05, 4.69) is 0 Å². The SMILES string of the molecule is CC1C(O)CC=CC1S(=O)(=O)c1ccccc1. The first-order chi connectivity index (χ1) is 8.03. The van der Waals surface area contributed by atoms with Gasteiger partial charge in [-0.05, 0) is 18.6 Å². The first kappa shape index (κ1) is 12.3. The molecule has 0 aliphatic heterocycles. The molecule has 3 nitrogen and oxygen atoms in total. The van der Waals surface area contributed by atoms with Crippen molar-refractivity contribution in [3.05, 3.63) is 42.5 Å². The Morgan fingerprint density at radius 2 is 1.88 bits per heavy atom. The van der Waals surface area contributed by atoms with Crippen LogP contribution in [-0.4, -0.2) is 24.9 Å². The lowest BCUT2D eigenvalue weighted by molar-refractivity contribution is 0.116. The summed E-state index contributed by atoms with van der Waals surface area (Å²) < 4.78 is 24.8. The van der Waals surface area contributed by atoms with Crippen molar-refractivity contribution in [2.24, 2.45) is 5.92 Å². The highest BCUT2D eigenvalue weighted by Crippen LogP contribution is 2.29. The van der Waals surface area contributed by atoms with Crippen molar-refractivity contribution in [2.75, 3.05) is 0 Å². The molecule has 1 aromatic carbocycles. The van der Waals surface area contributed by atoms with Crippen LogP contribution in [0.1, 0.15) is 13.3 Å². The van der Waals surface area contributed by atoms with E-state index in [-0.39, 0.29) is 5.92 Å². The number of sulfone groups is 1. The Balaban J connectivity index is 2.40. The highest BCUT2D eigenvalue weighted by Gasteiger charge is 2.35. The van der Waals surface area contributed by atoms with Gasteiger partial charge in [0.15, 0.2) is 9.84 Å². The topological polar surface area (TPSA) is 54.4 Å². The molecule has 0 spiro atoms. The third kappa shape index (κ3) is 2.28. The van der Waals surface area contributed by atoms with Gasteiger partial charge in [-0.2, -0.15) is 0 Å². The quantitative estimate of drug-likeness (QED) is 0.816. The third-order valence-corrected chi connectivity index (χ3v) is 5.49. The molecule has 0 saturated carbocycles. The standard InChI is InChI=1S/C13H16O3S/c1-10-12(14)8-5-9-13(10)17(15,16)11-6-3-2-4-7-11/h2-7,9-10,12-14H,8H2,1H3. The maximum Gasteiger partial charge on any atom is 0.185 e. The molecule has 4 heteroatoms. The normalized spacial score (nSPS) is 29.2. The maximum atomic E-state index is 12.4. The molecule has 17 heavy (non-hydrogen) atoms. The minimum absolute atomic E-state index is 0.273. The molecule has 0 aromatic heterocycles. The van der Waals surface area contributed by atoms with Gasteiger partial charge in [0.05, 0.1) is 16.2 Å². The Hall–Kier alpha value is -1.13. The average molecular weight is 252 g/mol. The number of aliphatic hydroxyl groups excluding tert-OH is 1. The van der Waals surface area contributed by atoms with E-state index in [0.717, 1.165) is 0 Å². The summed E-state index contributed by atoms with van der Waals surface area (Å²) in [4.78, 5) is 0.315. The van der Waals surface area contributed by atoms with Crippen molar-refractivity contribution in [1.29, 1.82) is 0 Å². The van der Waals surface area contributed by atoms with Crippen molar-refractivity contribution in [1.82, 2.24) is 0 Å². The van der Waals surface area contributed by atoms with Gasteiger partial charge in [-0.3, -0.25) is 0 Å². The van der Waals surface area contributed by atoms with Crippen LogP contribution in [-0.2, 0) is 9.84 Å². The number of hydrogen-bond acceptors (Lipinski definition) is 3. The Bertz CT molecular complexity index is 505. The zero-order chi connectivity index (χ0) is 12.5. The van der Waals surface area contributed by atoms with E-state index in [0.29, 0.717) is 11.3 Å². The molecule has 1 N–H and O–H groups in total. The minimum atomic E-state index is -3.39. The molecule has 92 valence electrons. The molecule has 1 aromatic rings. The van der Waals surface area contributed by atoms with Crippen LogP contribution in [0.15, 0.2) is 47.4 Å². The summed E-state index contributed by atoms with van der Waals surface area (Å²) in [6.07, 6.45) is 3.39. The van der Waals surface area contributed by atoms with Crippen molar-refractivity contribution >= 4 is 9.84 Å². The number of rotatable bonds is 2. The van der Waals surface area contributed by atoms with Gasteiger partial charge in [-0.25, -0.2) is 8.42 Å². The zero-order valence-electron chi connectivity index (χ0n) is 9.65. The van der Waals surface area contributed by atoms with Gasteiger partial charge >= 0.3 is 0 Å².